The van der Waals surface area contributed by atoms with Crippen LogP contribution in [0.25, 0.3) is 0 Å². The minimum Gasteiger partial charge on any atom is -0.493 e. The predicted molar refractivity (Wildman–Crippen MR) is 71.2 cm³/mol. The molecule has 1 atom stereocenters. The molecule has 1 unspecified atom stereocenters. The van der Waals surface area contributed by atoms with Crippen molar-refractivity contribution in [3.63, 3.8) is 0 Å². The molecule has 0 spiro atoms. The SMILES string of the molecule is COc1ccc(C2CCCCN2)cc1OC1CC1. The van der Waals surface area contributed by atoms with Crippen LogP contribution in [-0.2, 0) is 0 Å². The minimum atomic E-state index is 0.411. The van der Waals surface area contributed by atoms with Gasteiger partial charge >= 0.3 is 0 Å². The number of nitrogens with one attached hydrogen (secondary N) is 1. The Labute approximate surface area is 108 Å². The highest BCUT2D eigenvalue weighted by Gasteiger charge is 2.25. The van der Waals surface area contributed by atoms with Crippen molar-refractivity contribution in [2.75, 3.05) is 13.7 Å². The average molecular weight is 247 g/mol. The topological polar surface area (TPSA) is 30.5 Å². The Kier molecular flexibility index (Phi) is 3.41. The van der Waals surface area contributed by atoms with E-state index in [-0.39, 0.29) is 0 Å². The van der Waals surface area contributed by atoms with Crippen LogP contribution in [0, 0.1) is 0 Å². The Balaban J connectivity index is 1.80. The highest BCUT2D eigenvalue weighted by molar-refractivity contribution is 5.44. The summed E-state index contributed by atoms with van der Waals surface area (Å²) in [5.41, 5.74) is 1.33. The highest BCUT2D eigenvalue weighted by atomic mass is 16.5. The normalized spacial score (nSPS) is 23.7. The summed E-state index contributed by atoms with van der Waals surface area (Å²) >= 11 is 0. The van der Waals surface area contributed by atoms with E-state index in [9.17, 15) is 0 Å². The van der Waals surface area contributed by atoms with Crippen LogP contribution in [-0.4, -0.2) is 19.8 Å². The number of hydrogen-bond donors (Lipinski definition) is 1. The Hall–Kier alpha value is -1.22. The molecule has 1 saturated carbocycles. The van der Waals surface area contributed by atoms with Crippen molar-refractivity contribution >= 4 is 0 Å². The number of benzene rings is 1. The summed E-state index contributed by atoms with van der Waals surface area (Å²) in [5.74, 6) is 1.76. The largest absolute Gasteiger partial charge is 0.493 e. The Morgan fingerprint density at radius 3 is 2.67 bits per heavy atom. The fourth-order valence-corrected chi connectivity index (χ4v) is 2.50. The maximum Gasteiger partial charge on any atom is 0.161 e. The molecule has 0 amide bonds. The van der Waals surface area contributed by atoms with Crippen molar-refractivity contribution in [1.29, 1.82) is 0 Å². The van der Waals surface area contributed by atoms with Gasteiger partial charge in [0.25, 0.3) is 0 Å². The van der Waals surface area contributed by atoms with Gasteiger partial charge in [-0.2, -0.15) is 0 Å². The van der Waals surface area contributed by atoms with Crippen molar-refractivity contribution < 1.29 is 9.47 Å². The molecule has 1 saturated heterocycles. The van der Waals surface area contributed by atoms with E-state index in [1.807, 2.05) is 6.07 Å². The van der Waals surface area contributed by atoms with Crippen LogP contribution < -0.4 is 14.8 Å². The molecule has 0 bridgehead atoms. The number of ether oxygens (including phenoxy) is 2. The molecule has 3 heteroatoms. The van der Waals surface area contributed by atoms with Gasteiger partial charge in [0, 0.05) is 6.04 Å². The lowest BCUT2D eigenvalue weighted by atomic mass is 9.97. The smallest absolute Gasteiger partial charge is 0.161 e. The van der Waals surface area contributed by atoms with E-state index in [0.29, 0.717) is 12.1 Å². The molecular weight excluding hydrogens is 226 g/mol. The molecule has 2 fully saturated rings. The van der Waals surface area contributed by atoms with Crippen molar-refractivity contribution in [1.82, 2.24) is 5.32 Å². The molecule has 1 aliphatic carbocycles. The summed E-state index contributed by atoms with van der Waals surface area (Å²) < 4.78 is 11.3. The second-order valence-corrected chi connectivity index (χ2v) is 5.23. The van der Waals surface area contributed by atoms with Crippen molar-refractivity contribution in [3.8, 4) is 11.5 Å². The molecule has 98 valence electrons. The number of rotatable bonds is 4. The van der Waals surface area contributed by atoms with E-state index >= 15 is 0 Å². The van der Waals surface area contributed by atoms with Gasteiger partial charge in [0.15, 0.2) is 11.5 Å². The van der Waals surface area contributed by atoms with Crippen LogP contribution >= 0.6 is 0 Å². The third kappa shape index (κ3) is 2.61. The number of piperidine rings is 1. The van der Waals surface area contributed by atoms with Gasteiger partial charge in [-0.1, -0.05) is 12.5 Å². The third-order valence-corrected chi connectivity index (χ3v) is 3.72. The molecular formula is C15H21NO2. The molecule has 1 aromatic rings. The van der Waals surface area contributed by atoms with E-state index in [4.69, 9.17) is 9.47 Å². The van der Waals surface area contributed by atoms with Crippen LogP contribution in [0.15, 0.2) is 18.2 Å². The summed E-state index contributed by atoms with van der Waals surface area (Å²) in [6.07, 6.45) is 6.58. The Morgan fingerprint density at radius 2 is 2.00 bits per heavy atom. The Bertz CT molecular complexity index is 409. The van der Waals surface area contributed by atoms with Gasteiger partial charge in [0.05, 0.1) is 13.2 Å². The summed E-state index contributed by atoms with van der Waals surface area (Å²) in [5, 5.41) is 3.57. The highest BCUT2D eigenvalue weighted by Crippen LogP contribution is 2.36. The molecule has 18 heavy (non-hydrogen) atoms. The second kappa shape index (κ2) is 5.19. The first-order valence-electron chi connectivity index (χ1n) is 6.95. The van der Waals surface area contributed by atoms with Crippen molar-refractivity contribution in [3.05, 3.63) is 23.8 Å². The third-order valence-electron chi connectivity index (χ3n) is 3.72. The van der Waals surface area contributed by atoms with E-state index in [1.54, 1.807) is 7.11 Å². The van der Waals surface area contributed by atoms with Crippen LogP contribution in [0.3, 0.4) is 0 Å². The predicted octanol–water partition coefficient (Wildman–Crippen LogP) is 3.05. The fraction of sp³-hybridized carbons (Fsp3) is 0.600. The lowest BCUT2D eigenvalue weighted by molar-refractivity contribution is 0.281. The van der Waals surface area contributed by atoms with E-state index in [2.05, 4.69) is 17.4 Å². The van der Waals surface area contributed by atoms with Crippen LogP contribution in [0.5, 0.6) is 11.5 Å². The molecule has 1 heterocycles. The molecule has 1 N–H and O–H groups in total. The van der Waals surface area contributed by atoms with E-state index in [0.717, 1.165) is 18.0 Å². The van der Waals surface area contributed by atoms with Gasteiger partial charge in [0.2, 0.25) is 0 Å². The summed E-state index contributed by atoms with van der Waals surface area (Å²) in [4.78, 5) is 0. The van der Waals surface area contributed by atoms with Crippen LogP contribution in [0.4, 0.5) is 0 Å². The van der Waals surface area contributed by atoms with Gasteiger partial charge in [-0.25, -0.2) is 0 Å². The van der Waals surface area contributed by atoms with E-state index < -0.39 is 0 Å². The average Bonchev–Trinajstić information content (AvgIpc) is 3.24. The van der Waals surface area contributed by atoms with Crippen molar-refractivity contribution in [2.45, 2.75) is 44.2 Å². The summed E-state index contributed by atoms with van der Waals surface area (Å²) in [6, 6.07) is 6.82. The molecule has 2 aliphatic rings. The Morgan fingerprint density at radius 1 is 1.11 bits per heavy atom. The number of methoxy groups -OCH3 is 1. The molecule has 1 aliphatic heterocycles. The van der Waals surface area contributed by atoms with Crippen LogP contribution in [0.1, 0.15) is 43.7 Å². The lowest BCUT2D eigenvalue weighted by Gasteiger charge is -2.24. The standard InChI is InChI=1S/C15H21NO2/c1-17-14-8-5-11(13-4-2-3-9-16-13)10-15(14)18-12-6-7-12/h5,8,10,12-13,16H,2-4,6-7,9H2,1H3. The summed E-state index contributed by atoms with van der Waals surface area (Å²) in [6.45, 7) is 1.12. The van der Waals surface area contributed by atoms with Crippen molar-refractivity contribution in [2.24, 2.45) is 0 Å². The first-order chi connectivity index (χ1) is 8.86. The summed E-state index contributed by atoms with van der Waals surface area (Å²) in [7, 11) is 1.70. The zero-order chi connectivity index (χ0) is 12.4. The maximum absolute atomic E-state index is 5.93. The van der Waals surface area contributed by atoms with Gasteiger partial charge in [-0.05, 0) is 49.9 Å². The quantitative estimate of drug-likeness (QED) is 0.887. The molecule has 3 rings (SSSR count). The first-order valence-corrected chi connectivity index (χ1v) is 6.95. The van der Waals surface area contributed by atoms with E-state index in [1.165, 1.54) is 37.7 Å². The zero-order valence-electron chi connectivity index (χ0n) is 10.9. The van der Waals surface area contributed by atoms with Gasteiger partial charge in [-0.15, -0.1) is 0 Å². The van der Waals surface area contributed by atoms with Gasteiger partial charge in [0.1, 0.15) is 0 Å². The second-order valence-electron chi connectivity index (χ2n) is 5.23. The van der Waals surface area contributed by atoms with Gasteiger partial charge < -0.3 is 14.8 Å². The van der Waals surface area contributed by atoms with Gasteiger partial charge in [-0.3, -0.25) is 0 Å². The monoisotopic (exact) mass is 247 g/mol. The van der Waals surface area contributed by atoms with Crippen LogP contribution in [0.2, 0.25) is 0 Å². The molecule has 0 radical (unpaired) electrons. The molecule has 3 nitrogen and oxygen atoms in total. The fourth-order valence-electron chi connectivity index (χ4n) is 2.50. The molecule has 0 aromatic heterocycles. The zero-order valence-corrected chi connectivity index (χ0v) is 10.9. The first kappa shape index (κ1) is 11.8. The number of hydrogen-bond acceptors (Lipinski definition) is 3. The maximum atomic E-state index is 5.93. The molecule has 1 aromatic carbocycles. The lowest BCUT2D eigenvalue weighted by Crippen LogP contribution is -2.26. The minimum absolute atomic E-state index is 0.411.